The van der Waals surface area contributed by atoms with Crippen molar-refractivity contribution in [2.24, 2.45) is 0 Å². The Balaban J connectivity index is 1.01. The fourth-order valence-electron chi connectivity index (χ4n) is 10.0. The standard InChI is InChI=1S/C57H44N2/c1-4-14-41(15-5-1)42-26-32-49(33-27-42)59(50-34-28-44(29-35-50)43-24-30-48(31-25-43)58-39-38-45-16-10-13-23-56(45)58)51-36-37-53-52-21-11-12-22-54(52)57(55(53)40-51,46-17-6-2-7-18-46)47-19-8-3-9-20-47/h1-28,30-32,34,36-40,49H,29,33,35H2. The predicted octanol–water partition coefficient (Wildman–Crippen LogP) is 14.0. The van der Waals surface area contributed by atoms with Gasteiger partial charge in [0.2, 0.25) is 0 Å². The Morgan fingerprint density at radius 2 is 1.22 bits per heavy atom. The van der Waals surface area contributed by atoms with E-state index in [2.05, 4.69) is 234 Å². The van der Waals surface area contributed by atoms with Crippen molar-refractivity contribution in [3.05, 3.63) is 264 Å². The summed E-state index contributed by atoms with van der Waals surface area (Å²) in [6.07, 6.45) is 17.0. The first-order valence-electron chi connectivity index (χ1n) is 20.9. The van der Waals surface area contributed by atoms with Gasteiger partial charge in [0, 0.05) is 23.3 Å². The molecule has 3 aliphatic rings. The molecule has 0 fully saturated rings. The van der Waals surface area contributed by atoms with Crippen LogP contribution in [0.25, 0.3) is 38.9 Å². The molecule has 0 amide bonds. The highest BCUT2D eigenvalue weighted by Gasteiger charge is 2.46. The first-order chi connectivity index (χ1) is 29.3. The lowest BCUT2D eigenvalue weighted by atomic mass is 9.67. The van der Waals surface area contributed by atoms with Gasteiger partial charge in [-0.25, -0.2) is 0 Å². The lowest BCUT2D eigenvalue weighted by Crippen LogP contribution is -2.35. The highest BCUT2D eigenvalue weighted by molar-refractivity contribution is 5.88. The Bertz CT molecular complexity index is 2900. The average Bonchev–Trinajstić information content (AvgIpc) is 3.88. The van der Waals surface area contributed by atoms with Crippen LogP contribution in [0.15, 0.2) is 230 Å². The molecule has 0 N–H and O–H groups in total. The maximum atomic E-state index is 2.63. The van der Waals surface area contributed by atoms with E-state index in [9.17, 15) is 0 Å². The van der Waals surface area contributed by atoms with E-state index in [1.165, 1.54) is 83.6 Å². The van der Waals surface area contributed by atoms with Crippen molar-refractivity contribution < 1.29 is 0 Å². The zero-order chi connectivity index (χ0) is 39.2. The van der Waals surface area contributed by atoms with Crippen LogP contribution in [0.5, 0.6) is 0 Å². The van der Waals surface area contributed by atoms with Gasteiger partial charge in [-0.3, -0.25) is 0 Å². The van der Waals surface area contributed by atoms with E-state index in [0.717, 1.165) is 19.3 Å². The highest BCUT2D eigenvalue weighted by atomic mass is 15.2. The molecule has 1 aromatic heterocycles. The Kier molecular flexibility index (Phi) is 8.70. The molecule has 0 radical (unpaired) electrons. The largest absolute Gasteiger partial charge is 0.338 e. The second kappa shape index (κ2) is 14.7. The monoisotopic (exact) mass is 756 g/mol. The molecule has 1 unspecified atom stereocenters. The molecule has 0 saturated heterocycles. The summed E-state index contributed by atoms with van der Waals surface area (Å²) in [7, 11) is 0. The van der Waals surface area contributed by atoms with Crippen molar-refractivity contribution in [2.75, 3.05) is 4.90 Å². The van der Waals surface area contributed by atoms with Crippen LogP contribution in [0.2, 0.25) is 0 Å². The molecule has 282 valence electrons. The van der Waals surface area contributed by atoms with E-state index in [1.54, 1.807) is 0 Å². The number of anilines is 1. The molecule has 59 heavy (non-hydrogen) atoms. The van der Waals surface area contributed by atoms with E-state index in [1.807, 2.05) is 0 Å². The van der Waals surface area contributed by atoms with Gasteiger partial charge in [-0.1, -0.05) is 176 Å². The van der Waals surface area contributed by atoms with Crippen LogP contribution in [-0.2, 0) is 5.41 Å². The molecule has 11 rings (SSSR count). The zero-order valence-corrected chi connectivity index (χ0v) is 33.0. The lowest BCUT2D eigenvalue weighted by molar-refractivity contribution is 0.720. The number of rotatable bonds is 8. The van der Waals surface area contributed by atoms with Gasteiger partial charge in [0.15, 0.2) is 0 Å². The zero-order valence-electron chi connectivity index (χ0n) is 33.0. The lowest BCUT2D eigenvalue weighted by Gasteiger charge is -2.38. The predicted molar refractivity (Wildman–Crippen MR) is 247 cm³/mol. The summed E-state index contributed by atoms with van der Waals surface area (Å²) in [5.74, 6) is 0. The fraction of sp³-hybridized carbons (Fsp3) is 0.0877. The van der Waals surface area contributed by atoms with Crippen LogP contribution in [0.1, 0.15) is 52.6 Å². The van der Waals surface area contributed by atoms with Crippen LogP contribution in [0, 0.1) is 0 Å². The van der Waals surface area contributed by atoms with Gasteiger partial charge in [-0.05, 0) is 123 Å². The first-order valence-corrected chi connectivity index (χ1v) is 20.9. The molecule has 7 aromatic carbocycles. The maximum absolute atomic E-state index is 2.63. The van der Waals surface area contributed by atoms with Gasteiger partial charge in [0.1, 0.15) is 0 Å². The van der Waals surface area contributed by atoms with Crippen LogP contribution in [0.3, 0.4) is 0 Å². The van der Waals surface area contributed by atoms with Crippen molar-refractivity contribution in [1.82, 2.24) is 4.57 Å². The van der Waals surface area contributed by atoms with Crippen LogP contribution >= 0.6 is 0 Å². The third kappa shape index (κ3) is 5.94. The summed E-state index contributed by atoms with van der Waals surface area (Å²) in [5, 5.41) is 1.26. The summed E-state index contributed by atoms with van der Waals surface area (Å²) in [5.41, 5.74) is 17.6. The summed E-state index contributed by atoms with van der Waals surface area (Å²) in [4.78, 5) is 2.63. The Morgan fingerprint density at radius 3 is 1.93 bits per heavy atom. The molecule has 1 atom stereocenters. The van der Waals surface area contributed by atoms with Crippen molar-refractivity contribution in [2.45, 2.75) is 30.7 Å². The number of nitrogens with zero attached hydrogens (tertiary/aromatic N) is 2. The quantitative estimate of drug-likeness (QED) is 0.150. The topological polar surface area (TPSA) is 8.17 Å². The molecule has 2 nitrogen and oxygen atoms in total. The molecule has 3 aliphatic carbocycles. The van der Waals surface area contributed by atoms with Gasteiger partial charge in [0.05, 0.1) is 17.0 Å². The molecular formula is C57H44N2. The Morgan fingerprint density at radius 1 is 0.542 bits per heavy atom. The van der Waals surface area contributed by atoms with E-state index in [0.29, 0.717) is 0 Å². The van der Waals surface area contributed by atoms with Gasteiger partial charge in [0.25, 0.3) is 0 Å². The second-order valence-corrected chi connectivity index (χ2v) is 16.0. The van der Waals surface area contributed by atoms with E-state index < -0.39 is 5.41 Å². The molecule has 0 spiro atoms. The Labute approximate surface area is 347 Å². The molecule has 0 saturated carbocycles. The molecule has 0 aliphatic heterocycles. The SMILES string of the molecule is C1=CC(N(C2=CC=C(c3ccc(-n4ccc5ccccc54)cc3)CC2)c2ccc3c(c2)C(c2ccccc2)(c2ccccc2)c2ccccc2-3)CC=C1c1ccccc1. The van der Waals surface area contributed by atoms with Crippen molar-refractivity contribution >= 4 is 27.7 Å². The van der Waals surface area contributed by atoms with E-state index in [4.69, 9.17) is 0 Å². The number of hydrogen-bond acceptors (Lipinski definition) is 1. The number of hydrogen-bond donors (Lipinski definition) is 0. The van der Waals surface area contributed by atoms with Crippen molar-refractivity contribution in [1.29, 1.82) is 0 Å². The summed E-state index contributed by atoms with van der Waals surface area (Å²) < 4.78 is 2.28. The van der Waals surface area contributed by atoms with Gasteiger partial charge in [-0.15, -0.1) is 0 Å². The van der Waals surface area contributed by atoms with Gasteiger partial charge in [-0.2, -0.15) is 0 Å². The third-order valence-electron chi connectivity index (χ3n) is 12.8. The number of fused-ring (bicyclic) bond motifs is 4. The minimum Gasteiger partial charge on any atom is -0.338 e. The smallest absolute Gasteiger partial charge is 0.0714 e. The van der Waals surface area contributed by atoms with Crippen LogP contribution in [-0.4, -0.2) is 10.6 Å². The Hall–Kier alpha value is -7.16. The van der Waals surface area contributed by atoms with E-state index >= 15 is 0 Å². The molecule has 8 aromatic rings. The third-order valence-corrected chi connectivity index (χ3v) is 12.8. The van der Waals surface area contributed by atoms with Crippen molar-refractivity contribution in [3.63, 3.8) is 0 Å². The highest BCUT2D eigenvalue weighted by Crippen LogP contribution is 2.57. The first kappa shape index (κ1) is 35.0. The van der Waals surface area contributed by atoms with Crippen LogP contribution < -0.4 is 4.90 Å². The summed E-state index contributed by atoms with van der Waals surface area (Å²) in [6.45, 7) is 0. The van der Waals surface area contributed by atoms with Crippen LogP contribution in [0.4, 0.5) is 5.69 Å². The number of aromatic nitrogens is 1. The molecular weight excluding hydrogens is 713 g/mol. The van der Waals surface area contributed by atoms with Gasteiger partial charge < -0.3 is 9.47 Å². The molecule has 1 heterocycles. The molecule has 0 bridgehead atoms. The normalized spacial score (nSPS) is 16.5. The van der Waals surface area contributed by atoms with Gasteiger partial charge >= 0.3 is 0 Å². The summed E-state index contributed by atoms with van der Waals surface area (Å²) in [6, 6.07) is 69.4. The maximum Gasteiger partial charge on any atom is 0.0714 e. The van der Waals surface area contributed by atoms with E-state index in [-0.39, 0.29) is 6.04 Å². The average molecular weight is 757 g/mol. The minimum atomic E-state index is -0.452. The minimum absolute atomic E-state index is 0.170. The molecule has 2 heteroatoms. The van der Waals surface area contributed by atoms with Crippen molar-refractivity contribution in [3.8, 4) is 16.8 Å². The number of para-hydroxylation sites is 1. The number of benzene rings is 7. The summed E-state index contributed by atoms with van der Waals surface area (Å²) >= 11 is 0. The second-order valence-electron chi connectivity index (χ2n) is 16.0. The number of allylic oxidation sites excluding steroid dienone is 6. The fourth-order valence-corrected chi connectivity index (χ4v) is 10.0.